The van der Waals surface area contributed by atoms with Gasteiger partial charge in [-0.15, -0.1) is 0 Å². The highest BCUT2D eigenvalue weighted by molar-refractivity contribution is 7.89. The Morgan fingerprint density at radius 3 is 2.67 bits per heavy atom. The zero-order valence-corrected chi connectivity index (χ0v) is 18.3. The maximum atomic E-state index is 13.0. The van der Waals surface area contributed by atoms with Crippen LogP contribution >= 0.6 is 0 Å². The van der Waals surface area contributed by atoms with E-state index in [0.29, 0.717) is 13.2 Å². The second kappa shape index (κ2) is 8.91. The minimum atomic E-state index is -3.64. The first kappa shape index (κ1) is 22.5. The number of morpholine rings is 1. The van der Waals surface area contributed by atoms with Crippen LogP contribution in [0.3, 0.4) is 0 Å². The minimum absolute atomic E-state index is 0.0942. The summed E-state index contributed by atoms with van der Waals surface area (Å²) in [6, 6.07) is 7.32. The van der Waals surface area contributed by atoms with Crippen LogP contribution in [0.25, 0.3) is 0 Å². The number of carbonyl (C=O) groups excluding carboxylic acids is 2. The molecule has 3 rings (SSSR count). The number of nitrogens with zero attached hydrogens (tertiary/aromatic N) is 1. The molecule has 1 spiro atoms. The van der Waals surface area contributed by atoms with Crippen LogP contribution < -0.4 is 15.4 Å². The lowest BCUT2D eigenvalue weighted by atomic mass is 9.87. The number of hydrogen-bond acceptors (Lipinski definition) is 6. The fourth-order valence-corrected chi connectivity index (χ4v) is 5.07. The first-order valence-corrected chi connectivity index (χ1v) is 11.6. The summed E-state index contributed by atoms with van der Waals surface area (Å²) in [5.74, 6) is -1.06. The molecule has 0 radical (unpaired) electrons. The first-order valence-electron chi connectivity index (χ1n) is 10.1. The molecule has 0 saturated carbocycles. The van der Waals surface area contributed by atoms with E-state index < -0.39 is 38.6 Å². The number of rotatable bonds is 7. The summed E-state index contributed by atoms with van der Waals surface area (Å²) >= 11 is 0. The Morgan fingerprint density at radius 1 is 1.37 bits per heavy atom. The van der Waals surface area contributed by atoms with E-state index in [1.807, 2.05) is 31.2 Å². The normalized spacial score (nSPS) is 24.8. The van der Waals surface area contributed by atoms with Gasteiger partial charge in [0.2, 0.25) is 15.9 Å². The second-order valence-corrected chi connectivity index (χ2v) is 10.2. The third-order valence-corrected chi connectivity index (χ3v) is 7.65. The van der Waals surface area contributed by atoms with E-state index in [0.717, 1.165) is 11.3 Å². The Hall–Kier alpha value is -2.17. The largest absolute Gasteiger partial charge is 0.494 e. The number of carbonyl (C=O) groups is 2. The maximum Gasteiger partial charge on any atom is 0.254 e. The number of sulfonamides is 1. The molecule has 0 aliphatic carbocycles. The summed E-state index contributed by atoms with van der Waals surface area (Å²) in [6.07, 6.45) is 0. The Labute approximate surface area is 177 Å². The van der Waals surface area contributed by atoms with Crippen molar-refractivity contribution < 1.29 is 27.5 Å². The van der Waals surface area contributed by atoms with Crippen molar-refractivity contribution in [1.29, 1.82) is 0 Å². The molecule has 30 heavy (non-hydrogen) atoms. The van der Waals surface area contributed by atoms with Gasteiger partial charge in [0.15, 0.2) is 5.60 Å². The van der Waals surface area contributed by atoms with E-state index in [2.05, 4.69) is 10.6 Å². The Kier molecular flexibility index (Phi) is 6.68. The van der Waals surface area contributed by atoms with E-state index >= 15 is 0 Å². The van der Waals surface area contributed by atoms with Crippen molar-refractivity contribution in [3.8, 4) is 5.75 Å². The van der Waals surface area contributed by atoms with Gasteiger partial charge in [-0.2, -0.15) is 4.31 Å². The molecule has 166 valence electrons. The Bertz CT molecular complexity index is 886. The average molecular weight is 440 g/mol. The molecule has 2 saturated heterocycles. The molecule has 1 aromatic carbocycles. The molecule has 0 bridgehead atoms. The molecule has 2 aliphatic heterocycles. The fraction of sp³-hybridized carbons (Fsp3) is 0.600. The molecular weight excluding hydrogens is 410 g/mol. The van der Waals surface area contributed by atoms with Crippen LogP contribution in [0.4, 0.5) is 0 Å². The SMILES string of the molecule is CCOc1ccc(CNC(=O)[C@H]2CN(S(=O)(=O)C(C)C)C[C@@]23OCCNC3=O)cc1. The van der Waals surface area contributed by atoms with Crippen LogP contribution in [0.1, 0.15) is 26.3 Å². The van der Waals surface area contributed by atoms with Crippen LogP contribution in [0, 0.1) is 5.92 Å². The summed E-state index contributed by atoms with van der Waals surface area (Å²) in [4.78, 5) is 25.7. The topological polar surface area (TPSA) is 114 Å². The molecule has 2 heterocycles. The van der Waals surface area contributed by atoms with Gasteiger partial charge >= 0.3 is 0 Å². The van der Waals surface area contributed by atoms with Crippen LogP contribution in [-0.4, -0.2) is 68.2 Å². The van der Waals surface area contributed by atoms with Gasteiger partial charge in [0, 0.05) is 19.6 Å². The molecule has 2 aliphatic rings. The van der Waals surface area contributed by atoms with E-state index in [1.54, 1.807) is 13.8 Å². The molecule has 2 amide bonds. The summed E-state index contributed by atoms with van der Waals surface area (Å²) in [5.41, 5.74) is -0.650. The molecule has 2 atom stereocenters. The standard InChI is InChI=1S/C20H29N3O6S/c1-4-28-16-7-5-15(6-8-16)11-22-18(24)17-12-23(30(26,27)14(2)3)13-20(17)19(25)21-9-10-29-20/h5-8,14,17H,4,9-13H2,1-3H3,(H,21,25)(H,22,24)/t17-,20-/m1/s1. The Morgan fingerprint density at radius 2 is 2.07 bits per heavy atom. The lowest BCUT2D eigenvalue weighted by molar-refractivity contribution is -0.163. The third kappa shape index (κ3) is 4.30. The summed E-state index contributed by atoms with van der Waals surface area (Å²) in [7, 11) is -3.64. The van der Waals surface area contributed by atoms with Crippen molar-refractivity contribution in [2.24, 2.45) is 5.92 Å². The summed E-state index contributed by atoms with van der Waals surface area (Å²) < 4.78 is 37.8. The predicted molar refractivity (Wildman–Crippen MR) is 110 cm³/mol. The number of ether oxygens (including phenoxy) is 2. The van der Waals surface area contributed by atoms with Gasteiger partial charge in [-0.25, -0.2) is 8.42 Å². The average Bonchev–Trinajstić information content (AvgIpc) is 3.11. The lowest BCUT2D eigenvalue weighted by Crippen LogP contribution is -2.62. The monoisotopic (exact) mass is 439 g/mol. The van der Waals surface area contributed by atoms with Gasteiger partial charge in [0.25, 0.3) is 5.91 Å². The predicted octanol–water partition coefficient (Wildman–Crippen LogP) is 0.257. The van der Waals surface area contributed by atoms with Crippen molar-refractivity contribution >= 4 is 21.8 Å². The summed E-state index contributed by atoms with van der Waals surface area (Å²) in [5, 5.41) is 4.88. The van der Waals surface area contributed by atoms with Gasteiger partial charge in [-0.3, -0.25) is 9.59 Å². The van der Waals surface area contributed by atoms with Crippen molar-refractivity contribution in [1.82, 2.24) is 14.9 Å². The van der Waals surface area contributed by atoms with Crippen LogP contribution in [0.15, 0.2) is 24.3 Å². The minimum Gasteiger partial charge on any atom is -0.494 e. The molecule has 2 N–H and O–H groups in total. The third-order valence-electron chi connectivity index (χ3n) is 5.47. The van der Waals surface area contributed by atoms with Gasteiger partial charge in [-0.1, -0.05) is 12.1 Å². The molecule has 0 aromatic heterocycles. The molecule has 9 nitrogen and oxygen atoms in total. The van der Waals surface area contributed by atoms with E-state index in [-0.39, 0.29) is 26.2 Å². The van der Waals surface area contributed by atoms with Crippen molar-refractivity contribution in [2.75, 3.05) is 32.8 Å². The summed E-state index contributed by atoms with van der Waals surface area (Å²) in [6.45, 7) is 6.16. The van der Waals surface area contributed by atoms with Gasteiger partial charge < -0.3 is 20.1 Å². The number of hydrogen-bond donors (Lipinski definition) is 2. The van der Waals surface area contributed by atoms with Gasteiger partial charge in [-0.05, 0) is 38.5 Å². The lowest BCUT2D eigenvalue weighted by Gasteiger charge is -2.36. The first-order chi connectivity index (χ1) is 14.2. The van der Waals surface area contributed by atoms with Gasteiger partial charge in [0.1, 0.15) is 5.75 Å². The molecule has 0 unspecified atom stereocenters. The van der Waals surface area contributed by atoms with E-state index in [9.17, 15) is 18.0 Å². The number of benzene rings is 1. The fourth-order valence-electron chi connectivity index (χ4n) is 3.75. The van der Waals surface area contributed by atoms with Gasteiger partial charge in [0.05, 0.1) is 30.9 Å². The van der Waals surface area contributed by atoms with E-state index in [4.69, 9.17) is 9.47 Å². The molecule has 2 fully saturated rings. The van der Waals surface area contributed by atoms with Crippen molar-refractivity contribution in [3.05, 3.63) is 29.8 Å². The highest BCUT2D eigenvalue weighted by Gasteiger charge is 2.59. The van der Waals surface area contributed by atoms with Crippen LogP contribution in [-0.2, 0) is 30.9 Å². The molecule has 1 aromatic rings. The highest BCUT2D eigenvalue weighted by Crippen LogP contribution is 2.36. The molecule has 10 heteroatoms. The van der Waals surface area contributed by atoms with Crippen LogP contribution in [0.2, 0.25) is 0 Å². The zero-order chi connectivity index (χ0) is 21.9. The maximum absolute atomic E-state index is 13.0. The Balaban J connectivity index is 1.76. The zero-order valence-electron chi connectivity index (χ0n) is 17.5. The quantitative estimate of drug-likeness (QED) is 0.630. The smallest absolute Gasteiger partial charge is 0.254 e. The second-order valence-electron chi connectivity index (χ2n) is 7.73. The van der Waals surface area contributed by atoms with E-state index in [1.165, 1.54) is 4.31 Å². The van der Waals surface area contributed by atoms with Crippen LogP contribution in [0.5, 0.6) is 5.75 Å². The van der Waals surface area contributed by atoms with Crippen molar-refractivity contribution in [2.45, 2.75) is 38.2 Å². The number of amides is 2. The van der Waals surface area contributed by atoms with Crippen molar-refractivity contribution in [3.63, 3.8) is 0 Å². The molecular formula is C20H29N3O6S. The highest BCUT2D eigenvalue weighted by atomic mass is 32.2. The number of nitrogens with one attached hydrogen (secondary N) is 2.